The quantitative estimate of drug-likeness (QED) is 0.469. The SMILES string of the molecule is Cc1ccc(-n2nc(C(=O)N3CCN(c4ccc(F)nc4)CC3)c3csc(N)c3c2=O)cc1. The van der Waals surface area contributed by atoms with E-state index in [-0.39, 0.29) is 17.2 Å². The number of nitrogens with zero attached hydrogens (tertiary/aromatic N) is 5. The number of carbonyl (C=O) groups is 1. The molecule has 1 amide bonds. The lowest BCUT2D eigenvalue weighted by atomic mass is 10.1. The number of hydrogen-bond donors (Lipinski definition) is 1. The zero-order chi connectivity index (χ0) is 23.1. The van der Waals surface area contributed by atoms with Crippen LogP contribution < -0.4 is 16.2 Å². The predicted molar refractivity (Wildman–Crippen MR) is 127 cm³/mol. The second-order valence-electron chi connectivity index (χ2n) is 7.91. The van der Waals surface area contributed by atoms with Gasteiger partial charge in [-0.05, 0) is 31.2 Å². The summed E-state index contributed by atoms with van der Waals surface area (Å²) in [6, 6.07) is 10.4. The molecule has 1 aliphatic heterocycles. The summed E-state index contributed by atoms with van der Waals surface area (Å²) in [5.41, 5.74) is 8.38. The first-order valence-electron chi connectivity index (χ1n) is 10.4. The Morgan fingerprint density at radius 1 is 1.06 bits per heavy atom. The molecule has 168 valence electrons. The molecule has 4 aromatic rings. The summed E-state index contributed by atoms with van der Waals surface area (Å²) in [5, 5.41) is 7.34. The Kier molecular flexibility index (Phi) is 5.29. The van der Waals surface area contributed by atoms with Crippen molar-refractivity contribution in [1.82, 2.24) is 19.7 Å². The Morgan fingerprint density at radius 3 is 2.42 bits per heavy atom. The summed E-state index contributed by atoms with van der Waals surface area (Å²) in [5.74, 6) is -0.781. The van der Waals surface area contributed by atoms with Crippen molar-refractivity contribution in [2.75, 3.05) is 36.8 Å². The van der Waals surface area contributed by atoms with Crippen LogP contribution in [0.25, 0.3) is 16.5 Å². The van der Waals surface area contributed by atoms with Crippen LogP contribution in [0.4, 0.5) is 15.1 Å². The van der Waals surface area contributed by atoms with Gasteiger partial charge in [-0.1, -0.05) is 17.7 Å². The average molecular weight is 465 g/mol. The number of hydrogen-bond acceptors (Lipinski definition) is 7. The first kappa shape index (κ1) is 21.1. The number of piperazine rings is 1. The van der Waals surface area contributed by atoms with Crippen LogP contribution in [0.1, 0.15) is 16.1 Å². The minimum atomic E-state index is -0.526. The van der Waals surface area contributed by atoms with Crippen LogP contribution >= 0.6 is 11.3 Å². The molecule has 0 bridgehead atoms. The molecule has 33 heavy (non-hydrogen) atoms. The number of pyridine rings is 1. The molecule has 1 saturated heterocycles. The molecule has 0 aliphatic carbocycles. The van der Waals surface area contributed by atoms with Crippen molar-refractivity contribution in [3.8, 4) is 5.69 Å². The number of anilines is 2. The molecule has 8 nitrogen and oxygen atoms in total. The van der Waals surface area contributed by atoms with Crippen molar-refractivity contribution >= 4 is 38.7 Å². The highest BCUT2D eigenvalue weighted by Crippen LogP contribution is 2.28. The number of aryl methyl sites for hydroxylation is 1. The van der Waals surface area contributed by atoms with E-state index in [0.29, 0.717) is 47.6 Å². The second kappa shape index (κ2) is 8.28. The van der Waals surface area contributed by atoms with Crippen LogP contribution in [0.2, 0.25) is 0 Å². The van der Waals surface area contributed by atoms with Crippen molar-refractivity contribution in [3.05, 3.63) is 75.5 Å². The van der Waals surface area contributed by atoms with Crippen molar-refractivity contribution in [1.29, 1.82) is 0 Å². The maximum Gasteiger partial charge on any atom is 0.282 e. The first-order valence-corrected chi connectivity index (χ1v) is 11.3. The van der Waals surface area contributed by atoms with Crippen LogP contribution in [0.15, 0.2) is 52.8 Å². The highest BCUT2D eigenvalue weighted by Gasteiger charge is 2.27. The Bertz CT molecular complexity index is 1390. The van der Waals surface area contributed by atoms with Gasteiger partial charge in [0.05, 0.1) is 28.0 Å². The Morgan fingerprint density at radius 2 is 1.76 bits per heavy atom. The summed E-state index contributed by atoms with van der Waals surface area (Å²) >= 11 is 1.22. The average Bonchev–Trinajstić information content (AvgIpc) is 3.22. The van der Waals surface area contributed by atoms with E-state index in [1.807, 2.05) is 19.1 Å². The fraction of sp³-hybridized carbons (Fsp3) is 0.217. The summed E-state index contributed by atoms with van der Waals surface area (Å²) in [6.07, 6.45) is 1.49. The van der Waals surface area contributed by atoms with Crippen molar-refractivity contribution in [2.45, 2.75) is 6.92 Å². The number of nitrogens with two attached hydrogens (primary N) is 1. The van der Waals surface area contributed by atoms with Gasteiger partial charge >= 0.3 is 0 Å². The van der Waals surface area contributed by atoms with Gasteiger partial charge in [0.2, 0.25) is 5.95 Å². The van der Waals surface area contributed by atoms with Gasteiger partial charge in [-0.15, -0.1) is 11.3 Å². The number of rotatable bonds is 3. The smallest absolute Gasteiger partial charge is 0.282 e. The highest BCUT2D eigenvalue weighted by molar-refractivity contribution is 7.15. The molecule has 5 rings (SSSR count). The topological polar surface area (TPSA) is 97.3 Å². The molecule has 0 radical (unpaired) electrons. The van der Waals surface area contributed by atoms with Gasteiger partial charge in [0.25, 0.3) is 11.5 Å². The normalized spacial score (nSPS) is 14.1. The van der Waals surface area contributed by atoms with E-state index in [0.717, 1.165) is 11.3 Å². The maximum absolute atomic E-state index is 13.5. The van der Waals surface area contributed by atoms with E-state index in [1.54, 1.807) is 28.5 Å². The molecular weight excluding hydrogens is 443 g/mol. The number of fused-ring (bicyclic) bond motifs is 1. The van der Waals surface area contributed by atoms with Crippen LogP contribution in [0.3, 0.4) is 0 Å². The standard InChI is InChI=1S/C23H21FN6O2S/c1-14-2-4-15(5-3-14)30-22(31)19-17(13-33-21(19)25)20(27-30)23(32)29-10-8-28(9-11-29)16-6-7-18(24)26-12-16/h2-7,12-13H,8-11,25H2,1H3. The molecule has 10 heteroatoms. The molecule has 0 unspecified atom stereocenters. The summed E-state index contributed by atoms with van der Waals surface area (Å²) in [4.78, 5) is 34.1. The van der Waals surface area contributed by atoms with E-state index in [4.69, 9.17) is 5.73 Å². The predicted octanol–water partition coefficient (Wildman–Crippen LogP) is 2.83. The van der Waals surface area contributed by atoms with Gasteiger partial charge in [-0.3, -0.25) is 9.59 Å². The van der Waals surface area contributed by atoms with Crippen LogP contribution in [0, 0.1) is 12.9 Å². The minimum Gasteiger partial charge on any atom is -0.390 e. The number of amides is 1. The molecule has 0 spiro atoms. The lowest BCUT2D eigenvalue weighted by Crippen LogP contribution is -2.49. The van der Waals surface area contributed by atoms with Gasteiger partial charge in [0.15, 0.2) is 5.69 Å². The maximum atomic E-state index is 13.5. The Labute approximate surface area is 192 Å². The molecule has 0 saturated carbocycles. The van der Waals surface area contributed by atoms with Crippen LogP contribution in [0.5, 0.6) is 0 Å². The fourth-order valence-electron chi connectivity index (χ4n) is 3.96. The Hall–Kier alpha value is -3.79. The monoisotopic (exact) mass is 464 g/mol. The molecule has 1 fully saturated rings. The van der Waals surface area contributed by atoms with E-state index in [2.05, 4.69) is 15.0 Å². The van der Waals surface area contributed by atoms with Crippen molar-refractivity contribution in [3.63, 3.8) is 0 Å². The molecule has 4 heterocycles. The molecule has 0 atom stereocenters. The number of aromatic nitrogens is 3. The zero-order valence-electron chi connectivity index (χ0n) is 17.9. The third-order valence-corrected chi connectivity index (χ3v) is 6.62. The first-order chi connectivity index (χ1) is 15.9. The summed E-state index contributed by atoms with van der Waals surface area (Å²) in [7, 11) is 0. The number of thiophene rings is 1. The van der Waals surface area contributed by atoms with Gasteiger partial charge in [-0.25, -0.2) is 4.98 Å². The molecule has 3 aromatic heterocycles. The van der Waals surface area contributed by atoms with E-state index >= 15 is 0 Å². The summed E-state index contributed by atoms with van der Waals surface area (Å²) < 4.78 is 14.4. The van der Waals surface area contributed by atoms with E-state index in [1.165, 1.54) is 28.3 Å². The molecule has 1 aromatic carbocycles. The third-order valence-electron chi connectivity index (χ3n) is 5.81. The molecular formula is C23H21FN6O2S. The summed E-state index contributed by atoms with van der Waals surface area (Å²) in [6.45, 7) is 4.03. The fourth-order valence-corrected chi connectivity index (χ4v) is 4.75. The van der Waals surface area contributed by atoms with E-state index < -0.39 is 5.95 Å². The zero-order valence-corrected chi connectivity index (χ0v) is 18.7. The van der Waals surface area contributed by atoms with Gasteiger partial charge in [-0.2, -0.15) is 14.2 Å². The second-order valence-corrected chi connectivity index (χ2v) is 8.82. The minimum absolute atomic E-state index is 0.204. The number of benzene rings is 1. The Balaban J connectivity index is 1.47. The lowest BCUT2D eigenvalue weighted by Gasteiger charge is -2.35. The largest absolute Gasteiger partial charge is 0.390 e. The highest BCUT2D eigenvalue weighted by atomic mass is 32.1. The molecule has 2 N–H and O–H groups in total. The van der Waals surface area contributed by atoms with Gasteiger partial charge in [0.1, 0.15) is 0 Å². The number of nitrogen functional groups attached to an aromatic ring is 1. The van der Waals surface area contributed by atoms with Gasteiger partial charge in [0, 0.05) is 36.9 Å². The number of halogens is 1. The van der Waals surface area contributed by atoms with Crippen molar-refractivity contribution in [2.24, 2.45) is 0 Å². The van der Waals surface area contributed by atoms with E-state index in [9.17, 15) is 14.0 Å². The number of carbonyl (C=O) groups excluding carboxylic acids is 1. The third kappa shape index (κ3) is 3.82. The van der Waals surface area contributed by atoms with Crippen LogP contribution in [-0.4, -0.2) is 51.8 Å². The lowest BCUT2D eigenvalue weighted by molar-refractivity contribution is 0.0741. The molecule has 1 aliphatic rings. The van der Waals surface area contributed by atoms with Gasteiger partial charge < -0.3 is 15.5 Å². The van der Waals surface area contributed by atoms with Crippen molar-refractivity contribution < 1.29 is 9.18 Å². The van der Waals surface area contributed by atoms with Crippen LogP contribution in [-0.2, 0) is 0 Å².